The summed E-state index contributed by atoms with van der Waals surface area (Å²) < 4.78 is 0. The van der Waals surface area contributed by atoms with Gasteiger partial charge < -0.3 is 5.32 Å². The highest BCUT2D eigenvalue weighted by molar-refractivity contribution is 7.12. The van der Waals surface area contributed by atoms with E-state index in [1.54, 1.807) is 11.3 Å². The lowest BCUT2D eigenvalue weighted by atomic mass is 9.73. The monoisotopic (exact) mass is 334 g/mol. The summed E-state index contributed by atoms with van der Waals surface area (Å²) in [7, 11) is 0. The number of ketones is 1. The Morgan fingerprint density at radius 3 is 2.74 bits per heavy atom. The van der Waals surface area contributed by atoms with Crippen LogP contribution in [0.1, 0.15) is 52.7 Å². The van der Waals surface area contributed by atoms with Crippen molar-refractivity contribution in [3.05, 3.63) is 21.4 Å². The highest BCUT2D eigenvalue weighted by Crippen LogP contribution is 2.38. The van der Waals surface area contributed by atoms with Gasteiger partial charge in [-0.05, 0) is 38.7 Å². The van der Waals surface area contributed by atoms with Crippen LogP contribution in [0.5, 0.6) is 0 Å². The number of nitrogens with one attached hydrogen (secondary N) is 1. The molecule has 2 heterocycles. The van der Waals surface area contributed by atoms with E-state index in [1.807, 2.05) is 26.8 Å². The molecule has 1 spiro atoms. The summed E-state index contributed by atoms with van der Waals surface area (Å²) in [6.07, 6.45) is 3.61. The number of hydrogen-bond acceptors (Lipinski definition) is 4. The molecule has 3 amide bonds. The van der Waals surface area contributed by atoms with Crippen LogP contribution < -0.4 is 5.32 Å². The van der Waals surface area contributed by atoms with Gasteiger partial charge in [0, 0.05) is 15.3 Å². The molecule has 2 fully saturated rings. The van der Waals surface area contributed by atoms with Gasteiger partial charge in [-0.1, -0.05) is 19.8 Å². The van der Waals surface area contributed by atoms with Crippen molar-refractivity contribution in [1.29, 1.82) is 0 Å². The molecule has 2 aliphatic rings. The van der Waals surface area contributed by atoms with E-state index in [0.717, 1.165) is 33.9 Å². The molecular formula is C17H22N2O3S. The SMILES string of the molecule is Cc1cc(C(=O)CN2C(=O)NC3(CCCCC3C)C2=O)c(C)s1. The smallest absolute Gasteiger partial charge is 0.323 e. The van der Waals surface area contributed by atoms with Crippen LogP contribution in [-0.2, 0) is 4.79 Å². The van der Waals surface area contributed by atoms with Gasteiger partial charge in [-0.3, -0.25) is 14.5 Å². The molecule has 3 rings (SSSR count). The summed E-state index contributed by atoms with van der Waals surface area (Å²) in [4.78, 5) is 40.8. The van der Waals surface area contributed by atoms with E-state index in [4.69, 9.17) is 0 Å². The second kappa shape index (κ2) is 5.74. The Morgan fingerprint density at radius 2 is 2.13 bits per heavy atom. The van der Waals surface area contributed by atoms with Crippen LogP contribution in [0.15, 0.2) is 6.07 Å². The molecule has 1 aliphatic carbocycles. The maximum atomic E-state index is 12.9. The van der Waals surface area contributed by atoms with Gasteiger partial charge in [-0.25, -0.2) is 4.79 Å². The number of urea groups is 1. The average molecular weight is 334 g/mol. The number of thiophene rings is 1. The third kappa shape index (κ3) is 2.59. The summed E-state index contributed by atoms with van der Waals surface area (Å²) in [5.74, 6) is -0.290. The first-order chi connectivity index (χ1) is 10.8. The normalized spacial score (nSPS) is 27.6. The van der Waals surface area contributed by atoms with Crippen molar-refractivity contribution in [2.24, 2.45) is 5.92 Å². The first-order valence-electron chi connectivity index (χ1n) is 8.09. The fourth-order valence-electron chi connectivity index (χ4n) is 3.78. The third-order valence-corrected chi connectivity index (χ3v) is 6.11. The molecule has 6 heteroatoms. The van der Waals surface area contributed by atoms with E-state index in [1.165, 1.54) is 0 Å². The summed E-state index contributed by atoms with van der Waals surface area (Å²) in [5, 5.41) is 2.88. The average Bonchev–Trinajstić information content (AvgIpc) is 2.95. The molecule has 124 valence electrons. The second-order valence-corrected chi connectivity index (χ2v) is 8.15. The minimum absolute atomic E-state index is 0.109. The molecule has 2 atom stereocenters. The van der Waals surface area contributed by atoms with Crippen LogP contribution in [0, 0.1) is 19.8 Å². The number of nitrogens with zero attached hydrogens (tertiary/aromatic N) is 1. The summed E-state index contributed by atoms with van der Waals surface area (Å²) >= 11 is 1.55. The molecule has 0 bridgehead atoms. The standard InChI is InChI=1S/C17H22N2O3S/c1-10-6-4-5-7-17(10)15(21)19(16(22)18-17)9-14(20)13-8-11(2)23-12(13)3/h8,10H,4-7,9H2,1-3H3,(H,18,22). The molecule has 1 saturated carbocycles. The minimum Gasteiger partial charge on any atom is -0.323 e. The van der Waals surface area contributed by atoms with Gasteiger partial charge in [0.25, 0.3) is 5.91 Å². The number of amides is 3. The number of Topliss-reactive ketones (excluding diaryl/α,β-unsaturated/α-hetero) is 1. The summed E-state index contributed by atoms with van der Waals surface area (Å²) in [6, 6.07) is 1.40. The van der Waals surface area contributed by atoms with Gasteiger partial charge in [-0.2, -0.15) is 0 Å². The number of rotatable bonds is 3. The van der Waals surface area contributed by atoms with Crippen LogP contribution in [0.25, 0.3) is 0 Å². The van der Waals surface area contributed by atoms with Gasteiger partial charge in [0.1, 0.15) is 5.54 Å². The molecule has 23 heavy (non-hydrogen) atoms. The molecular weight excluding hydrogens is 312 g/mol. The van der Waals surface area contributed by atoms with Crippen LogP contribution in [-0.4, -0.2) is 34.7 Å². The third-order valence-electron chi connectivity index (χ3n) is 5.14. The predicted molar refractivity (Wildman–Crippen MR) is 88.7 cm³/mol. The minimum atomic E-state index is -0.796. The number of carbonyl (C=O) groups excluding carboxylic acids is 3. The lowest BCUT2D eigenvalue weighted by Crippen LogP contribution is -2.54. The van der Waals surface area contributed by atoms with Crippen molar-refractivity contribution in [3.8, 4) is 0 Å². The van der Waals surface area contributed by atoms with Crippen molar-refractivity contribution in [1.82, 2.24) is 10.2 Å². The molecule has 0 aromatic carbocycles. The Labute approximate surface area is 140 Å². The van der Waals surface area contributed by atoms with Crippen molar-refractivity contribution in [3.63, 3.8) is 0 Å². The second-order valence-electron chi connectivity index (χ2n) is 6.69. The lowest BCUT2D eigenvalue weighted by Gasteiger charge is -2.36. The summed E-state index contributed by atoms with van der Waals surface area (Å²) in [6.45, 7) is 5.67. The zero-order valence-corrected chi connectivity index (χ0v) is 14.6. The lowest BCUT2D eigenvalue weighted by molar-refractivity contribution is -0.133. The van der Waals surface area contributed by atoms with Crippen molar-refractivity contribution in [2.75, 3.05) is 6.54 Å². The highest BCUT2D eigenvalue weighted by atomic mass is 32.1. The summed E-state index contributed by atoms with van der Waals surface area (Å²) in [5.41, 5.74) is -0.180. The fraction of sp³-hybridized carbons (Fsp3) is 0.588. The largest absolute Gasteiger partial charge is 0.325 e. The van der Waals surface area contributed by atoms with E-state index in [-0.39, 0.29) is 24.2 Å². The van der Waals surface area contributed by atoms with E-state index >= 15 is 0 Å². The highest BCUT2D eigenvalue weighted by Gasteiger charge is 2.55. The van der Waals surface area contributed by atoms with Crippen molar-refractivity contribution < 1.29 is 14.4 Å². The zero-order chi connectivity index (χ0) is 16.8. The Bertz CT molecular complexity index is 681. The van der Waals surface area contributed by atoms with Gasteiger partial charge >= 0.3 is 6.03 Å². The quantitative estimate of drug-likeness (QED) is 0.682. The van der Waals surface area contributed by atoms with Gasteiger partial charge in [0.05, 0.1) is 6.54 Å². The maximum Gasteiger partial charge on any atom is 0.325 e. The number of carbonyl (C=O) groups is 3. The van der Waals surface area contributed by atoms with Gasteiger partial charge in [0.15, 0.2) is 5.78 Å². The predicted octanol–water partition coefficient (Wildman–Crippen LogP) is 3.05. The Hall–Kier alpha value is -1.69. The zero-order valence-electron chi connectivity index (χ0n) is 13.8. The van der Waals surface area contributed by atoms with Crippen LogP contribution in [0.3, 0.4) is 0 Å². The first kappa shape index (κ1) is 16.2. The maximum absolute atomic E-state index is 12.9. The van der Waals surface area contributed by atoms with E-state index in [2.05, 4.69) is 5.32 Å². The van der Waals surface area contributed by atoms with Crippen LogP contribution in [0.4, 0.5) is 4.79 Å². The molecule has 1 aromatic rings. The fourth-order valence-corrected chi connectivity index (χ4v) is 4.72. The Balaban J connectivity index is 1.81. The Morgan fingerprint density at radius 1 is 1.39 bits per heavy atom. The van der Waals surface area contributed by atoms with Crippen molar-refractivity contribution in [2.45, 2.75) is 52.0 Å². The number of aryl methyl sites for hydroxylation is 2. The molecule has 5 nitrogen and oxygen atoms in total. The Kier molecular flexibility index (Phi) is 4.04. The molecule has 2 unspecified atom stereocenters. The van der Waals surface area contributed by atoms with Crippen molar-refractivity contribution >= 4 is 29.1 Å². The van der Waals surface area contributed by atoms with Gasteiger partial charge in [-0.15, -0.1) is 11.3 Å². The van der Waals surface area contributed by atoms with E-state index < -0.39 is 11.6 Å². The number of hydrogen-bond donors (Lipinski definition) is 1. The molecule has 1 aromatic heterocycles. The number of imide groups is 1. The molecule has 1 saturated heterocycles. The van der Waals surface area contributed by atoms with E-state index in [0.29, 0.717) is 12.0 Å². The topological polar surface area (TPSA) is 66.5 Å². The first-order valence-corrected chi connectivity index (χ1v) is 8.91. The molecule has 1 aliphatic heterocycles. The van der Waals surface area contributed by atoms with E-state index in [9.17, 15) is 14.4 Å². The van der Waals surface area contributed by atoms with Crippen LogP contribution >= 0.6 is 11.3 Å². The van der Waals surface area contributed by atoms with Crippen LogP contribution in [0.2, 0.25) is 0 Å². The molecule has 0 radical (unpaired) electrons. The van der Waals surface area contributed by atoms with Gasteiger partial charge in [0.2, 0.25) is 0 Å². The molecule has 1 N–H and O–H groups in total.